The summed E-state index contributed by atoms with van der Waals surface area (Å²) in [6, 6.07) is 4.47. The van der Waals surface area contributed by atoms with E-state index in [9.17, 15) is 25.2 Å². The van der Waals surface area contributed by atoms with Crippen LogP contribution >= 0.6 is 0 Å². The van der Waals surface area contributed by atoms with E-state index in [-0.39, 0.29) is 51.2 Å². The highest BCUT2D eigenvalue weighted by atomic mass is 16.5. The van der Waals surface area contributed by atoms with Gasteiger partial charge >= 0.3 is 5.97 Å². The maximum absolute atomic E-state index is 13.0. The molecule has 6 nitrogen and oxygen atoms in total. The third-order valence-electron chi connectivity index (χ3n) is 14.3. The van der Waals surface area contributed by atoms with E-state index in [0.717, 1.165) is 50.5 Å². The molecule has 4 fully saturated rings. The summed E-state index contributed by atoms with van der Waals surface area (Å²) in [5, 5.41) is 41.5. The predicted octanol–water partition coefficient (Wildman–Crippen LogP) is 8.18. The fourth-order valence-corrected chi connectivity index (χ4v) is 11.5. The Balaban J connectivity index is 1.30. The lowest BCUT2D eigenvalue weighted by Gasteiger charge is -2.70. The maximum Gasteiger partial charge on any atom is 0.331 e. The third kappa shape index (κ3) is 5.66. The topological polar surface area (TPSA) is 107 Å². The summed E-state index contributed by atoms with van der Waals surface area (Å²) in [6.45, 7) is 20.0. The molecule has 4 N–H and O–H groups in total. The standard InChI is InChI=1S/C39H58O6/c1-24(2)28(40)16-22-39(8,44)27-15-20-37(6)26(27)11-13-32-36(5)19-18-33(35(3,4)31(36)17-21-38(32,37)7)45-34(43)14-10-25-9-12-29(41)30(42)23-25/h9-10,12,14,23,26-28,31-33,40-42,44H,1,11,13,15-22H2,2-8H3. The maximum atomic E-state index is 13.0. The fraction of sp³-hybridized carbons (Fsp3) is 0.718. The highest BCUT2D eigenvalue weighted by Gasteiger charge is 2.69. The van der Waals surface area contributed by atoms with Crippen molar-refractivity contribution < 1.29 is 30.0 Å². The van der Waals surface area contributed by atoms with Gasteiger partial charge in [0.15, 0.2) is 11.5 Å². The molecule has 4 saturated carbocycles. The molecule has 0 bridgehead atoms. The lowest BCUT2D eigenvalue weighted by Crippen LogP contribution is -2.64. The zero-order valence-electron chi connectivity index (χ0n) is 28.7. The van der Waals surface area contributed by atoms with Crippen LogP contribution < -0.4 is 0 Å². The molecule has 0 amide bonds. The van der Waals surface area contributed by atoms with E-state index < -0.39 is 11.7 Å². The fourth-order valence-electron chi connectivity index (χ4n) is 11.5. The minimum absolute atomic E-state index is 0.152. The van der Waals surface area contributed by atoms with E-state index in [2.05, 4.69) is 41.2 Å². The van der Waals surface area contributed by atoms with Crippen molar-refractivity contribution in [1.82, 2.24) is 0 Å². The number of fused-ring (bicyclic) bond motifs is 5. The molecule has 0 radical (unpaired) electrons. The van der Waals surface area contributed by atoms with Crippen LogP contribution in [0.2, 0.25) is 0 Å². The quantitative estimate of drug-likeness (QED) is 0.101. The number of carbonyl (C=O) groups is 1. The number of hydrogen-bond donors (Lipinski definition) is 4. The molecule has 4 aliphatic carbocycles. The van der Waals surface area contributed by atoms with Gasteiger partial charge in [0.1, 0.15) is 6.10 Å². The molecule has 0 spiro atoms. The first kappa shape index (κ1) is 34.0. The summed E-state index contributed by atoms with van der Waals surface area (Å²) in [5.74, 6) is 0.952. The first-order chi connectivity index (χ1) is 20.9. The van der Waals surface area contributed by atoms with Crippen LogP contribution in [-0.2, 0) is 9.53 Å². The molecular formula is C39H58O6. The lowest BCUT2D eigenvalue weighted by molar-refractivity contribution is -0.229. The summed E-state index contributed by atoms with van der Waals surface area (Å²) in [7, 11) is 0. The molecule has 0 heterocycles. The molecule has 45 heavy (non-hydrogen) atoms. The zero-order valence-corrected chi connectivity index (χ0v) is 28.7. The summed E-state index contributed by atoms with van der Waals surface area (Å²) >= 11 is 0. The number of carbonyl (C=O) groups excluding carboxylic acids is 1. The average Bonchev–Trinajstić information content (AvgIpc) is 3.33. The number of aromatic hydroxyl groups is 2. The van der Waals surface area contributed by atoms with Crippen molar-refractivity contribution in [3.63, 3.8) is 0 Å². The zero-order chi connectivity index (χ0) is 33.2. The van der Waals surface area contributed by atoms with Crippen molar-refractivity contribution >= 4 is 12.0 Å². The second-order valence-corrected chi connectivity index (χ2v) is 16.9. The van der Waals surface area contributed by atoms with E-state index in [1.54, 1.807) is 12.1 Å². The third-order valence-corrected chi connectivity index (χ3v) is 14.3. The van der Waals surface area contributed by atoms with E-state index in [1.165, 1.54) is 24.6 Å². The first-order valence-corrected chi connectivity index (χ1v) is 17.3. The Bertz CT molecular complexity index is 1330. The Morgan fingerprint density at radius 2 is 1.69 bits per heavy atom. The first-order valence-electron chi connectivity index (χ1n) is 17.3. The van der Waals surface area contributed by atoms with Gasteiger partial charge < -0.3 is 25.2 Å². The van der Waals surface area contributed by atoms with Gasteiger partial charge in [-0.3, -0.25) is 0 Å². The Labute approximate surface area is 271 Å². The SMILES string of the molecule is C=C(C)C(O)CCC(C)(O)C1CCC2(C)C1CCC1C3(C)CCC(OC(=O)C=Cc4ccc(O)c(O)c4)C(C)(C)C3CCC12C. The number of rotatable bonds is 8. The monoisotopic (exact) mass is 622 g/mol. The number of benzene rings is 1. The number of phenolic OH excluding ortho intramolecular Hbond substituents is 2. The molecule has 5 rings (SSSR count). The predicted molar refractivity (Wildman–Crippen MR) is 178 cm³/mol. The van der Waals surface area contributed by atoms with Crippen molar-refractivity contribution in [2.24, 2.45) is 45.3 Å². The molecule has 0 aromatic heterocycles. The summed E-state index contributed by atoms with van der Waals surface area (Å²) < 4.78 is 6.14. The van der Waals surface area contributed by atoms with Crippen molar-refractivity contribution in [2.75, 3.05) is 0 Å². The van der Waals surface area contributed by atoms with Crippen LogP contribution in [0.1, 0.15) is 118 Å². The van der Waals surface area contributed by atoms with E-state index in [4.69, 9.17) is 4.74 Å². The van der Waals surface area contributed by atoms with E-state index in [0.29, 0.717) is 36.2 Å². The number of hydrogen-bond acceptors (Lipinski definition) is 6. The second-order valence-electron chi connectivity index (χ2n) is 16.9. The number of aliphatic hydroxyl groups is 2. The van der Waals surface area contributed by atoms with Crippen LogP contribution in [0.3, 0.4) is 0 Å². The Hall–Kier alpha value is -2.31. The summed E-state index contributed by atoms with van der Waals surface area (Å²) in [5.41, 5.74) is 0.905. The average molecular weight is 623 g/mol. The smallest absolute Gasteiger partial charge is 0.331 e. The van der Waals surface area contributed by atoms with Gasteiger partial charge in [-0.25, -0.2) is 4.79 Å². The molecular weight excluding hydrogens is 564 g/mol. The molecule has 1 aromatic rings. The van der Waals surface area contributed by atoms with Gasteiger partial charge in [-0.2, -0.15) is 0 Å². The normalized spacial score (nSPS) is 39.3. The van der Waals surface area contributed by atoms with Crippen LogP contribution in [0.15, 0.2) is 36.4 Å². The Morgan fingerprint density at radius 3 is 2.36 bits per heavy atom. The van der Waals surface area contributed by atoms with Crippen molar-refractivity contribution in [2.45, 2.75) is 130 Å². The Morgan fingerprint density at radius 1 is 1.00 bits per heavy atom. The van der Waals surface area contributed by atoms with Crippen LogP contribution in [0.4, 0.5) is 0 Å². The van der Waals surface area contributed by atoms with Crippen molar-refractivity contribution in [3.8, 4) is 11.5 Å². The molecule has 1 aromatic carbocycles. The largest absolute Gasteiger partial charge is 0.504 e. The highest BCUT2D eigenvalue weighted by Crippen LogP contribution is 2.76. The summed E-state index contributed by atoms with van der Waals surface area (Å²) in [4.78, 5) is 13.0. The lowest BCUT2D eigenvalue weighted by atomic mass is 9.35. The van der Waals surface area contributed by atoms with Gasteiger partial charge in [0.05, 0.1) is 11.7 Å². The van der Waals surface area contributed by atoms with Crippen LogP contribution in [0, 0.1) is 45.3 Å². The van der Waals surface area contributed by atoms with Crippen LogP contribution in [0.5, 0.6) is 11.5 Å². The number of esters is 1. The molecule has 250 valence electrons. The Kier molecular flexibility index (Phi) is 8.88. The minimum atomic E-state index is -0.801. The molecule has 0 aliphatic heterocycles. The molecule has 10 atom stereocenters. The summed E-state index contributed by atoms with van der Waals surface area (Å²) in [6.07, 6.45) is 12.1. The molecule has 4 aliphatic rings. The van der Waals surface area contributed by atoms with E-state index in [1.807, 2.05) is 13.8 Å². The van der Waals surface area contributed by atoms with Gasteiger partial charge in [-0.1, -0.05) is 52.8 Å². The molecule has 6 heteroatoms. The number of aliphatic hydroxyl groups excluding tert-OH is 1. The van der Waals surface area contributed by atoms with Crippen molar-refractivity contribution in [3.05, 3.63) is 42.0 Å². The number of phenols is 2. The van der Waals surface area contributed by atoms with Crippen molar-refractivity contribution in [1.29, 1.82) is 0 Å². The molecule has 10 unspecified atom stereocenters. The van der Waals surface area contributed by atoms with Gasteiger partial charge in [0, 0.05) is 11.5 Å². The van der Waals surface area contributed by atoms with Gasteiger partial charge in [0.25, 0.3) is 0 Å². The van der Waals surface area contributed by atoms with Crippen LogP contribution in [0.25, 0.3) is 6.08 Å². The van der Waals surface area contributed by atoms with E-state index >= 15 is 0 Å². The van der Waals surface area contributed by atoms with Gasteiger partial charge in [-0.15, -0.1) is 0 Å². The van der Waals surface area contributed by atoms with Gasteiger partial charge in [-0.05, 0) is 142 Å². The molecule has 0 saturated heterocycles. The second kappa shape index (κ2) is 11.7. The minimum Gasteiger partial charge on any atom is -0.504 e. The number of ether oxygens (including phenoxy) is 1. The van der Waals surface area contributed by atoms with Crippen LogP contribution in [-0.4, -0.2) is 44.2 Å². The van der Waals surface area contributed by atoms with Gasteiger partial charge in [0.2, 0.25) is 0 Å². The highest BCUT2D eigenvalue weighted by molar-refractivity contribution is 5.87.